The van der Waals surface area contributed by atoms with Gasteiger partial charge in [0.15, 0.2) is 0 Å². The number of ether oxygens (including phenoxy) is 1. The third kappa shape index (κ3) is 6.75. The highest BCUT2D eigenvalue weighted by atomic mass is 35.5. The van der Waals surface area contributed by atoms with E-state index in [1.165, 1.54) is 25.1 Å². The van der Waals surface area contributed by atoms with E-state index in [9.17, 15) is 18.0 Å². The number of halogens is 2. The fraction of sp³-hybridized carbons (Fsp3) is 0.364. The minimum absolute atomic E-state index is 0.0705. The standard InChI is InChI=1S/C22H27Cl2N3O5S/c1-5-20(22(29)25-2)26(13-17-18(23)10-7-11-19(17)24)21(28)14-27(33(4,30)31)15-8-6-9-16(12-15)32-3/h6-12,20H,5,13-14H2,1-4H3,(H,25,29)/t20-/m1/s1. The molecule has 0 aromatic heterocycles. The lowest BCUT2D eigenvalue weighted by molar-refractivity contribution is -0.140. The predicted octanol–water partition coefficient (Wildman–Crippen LogP) is 3.32. The van der Waals surface area contributed by atoms with Gasteiger partial charge in [-0.05, 0) is 30.7 Å². The first-order valence-electron chi connectivity index (χ1n) is 10.1. The van der Waals surface area contributed by atoms with Crippen molar-refractivity contribution in [1.82, 2.24) is 10.2 Å². The van der Waals surface area contributed by atoms with Crippen molar-refractivity contribution in [2.45, 2.75) is 25.9 Å². The number of nitrogens with zero attached hydrogens (tertiary/aromatic N) is 2. The maximum Gasteiger partial charge on any atom is 0.244 e. The fourth-order valence-corrected chi connectivity index (χ4v) is 4.68. The summed E-state index contributed by atoms with van der Waals surface area (Å²) in [4.78, 5) is 27.4. The van der Waals surface area contributed by atoms with E-state index in [0.717, 1.165) is 10.6 Å². The molecule has 2 rings (SSSR count). The van der Waals surface area contributed by atoms with Crippen LogP contribution in [0.15, 0.2) is 42.5 Å². The van der Waals surface area contributed by atoms with Gasteiger partial charge in [0.25, 0.3) is 0 Å². The van der Waals surface area contributed by atoms with Crippen molar-refractivity contribution >= 4 is 50.7 Å². The van der Waals surface area contributed by atoms with Crippen molar-refractivity contribution in [3.8, 4) is 5.75 Å². The van der Waals surface area contributed by atoms with E-state index >= 15 is 0 Å². The molecule has 1 N–H and O–H groups in total. The van der Waals surface area contributed by atoms with Crippen LogP contribution in [0, 0.1) is 0 Å². The molecule has 8 nitrogen and oxygen atoms in total. The number of amides is 2. The van der Waals surface area contributed by atoms with E-state index in [0.29, 0.717) is 27.8 Å². The number of carbonyl (C=O) groups excluding carboxylic acids is 2. The Morgan fingerprint density at radius 2 is 1.73 bits per heavy atom. The summed E-state index contributed by atoms with van der Waals surface area (Å²) in [7, 11) is -0.916. The van der Waals surface area contributed by atoms with Gasteiger partial charge in [-0.25, -0.2) is 8.42 Å². The topological polar surface area (TPSA) is 96.0 Å². The minimum atomic E-state index is -3.84. The lowest BCUT2D eigenvalue weighted by Gasteiger charge is -2.33. The van der Waals surface area contributed by atoms with Gasteiger partial charge in [-0.1, -0.05) is 42.3 Å². The molecule has 0 radical (unpaired) electrons. The predicted molar refractivity (Wildman–Crippen MR) is 130 cm³/mol. The summed E-state index contributed by atoms with van der Waals surface area (Å²) in [5.41, 5.74) is 0.720. The first-order valence-corrected chi connectivity index (χ1v) is 12.7. The van der Waals surface area contributed by atoms with Gasteiger partial charge in [0.1, 0.15) is 18.3 Å². The van der Waals surface area contributed by atoms with Gasteiger partial charge in [0, 0.05) is 35.3 Å². The Kier molecular flexibility index (Phi) is 9.39. The average molecular weight is 516 g/mol. The number of likely N-dealkylation sites (N-methyl/N-ethyl adjacent to an activating group) is 1. The fourth-order valence-electron chi connectivity index (χ4n) is 3.32. The Morgan fingerprint density at radius 3 is 2.24 bits per heavy atom. The molecule has 0 spiro atoms. The van der Waals surface area contributed by atoms with Gasteiger partial charge >= 0.3 is 0 Å². The Bertz CT molecular complexity index is 1090. The van der Waals surface area contributed by atoms with Crippen molar-refractivity contribution in [3.05, 3.63) is 58.1 Å². The summed E-state index contributed by atoms with van der Waals surface area (Å²) in [5, 5.41) is 3.22. The second-order valence-corrected chi connectivity index (χ2v) is 9.95. The van der Waals surface area contributed by atoms with Crippen LogP contribution in [0.5, 0.6) is 5.75 Å². The maximum absolute atomic E-state index is 13.5. The van der Waals surface area contributed by atoms with E-state index in [1.807, 2.05) is 0 Å². The van der Waals surface area contributed by atoms with Crippen LogP contribution in [0.4, 0.5) is 5.69 Å². The van der Waals surface area contributed by atoms with E-state index in [2.05, 4.69) is 5.32 Å². The maximum atomic E-state index is 13.5. The Labute approximate surface area is 204 Å². The summed E-state index contributed by atoms with van der Waals surface area (Å²) < 4.78 is 31.3. The SMILES string of the molecule is CC[C@H](C(=O)NC)N(Cc1c(Cl)cccc1Cl)C(=O)CN(c1cccc(OC)c1)S(C)(=O)=O. The highest BCUT2D eigenvalue weighted by Crippen LogP contribution is 2.28. The molecule has 0 aliphatic carbocycles. The molecule has 0 aliphatic heterocycles. The molecular weight excluding hydrogens is 489 g/mol. The number of anilines is 1. The number of hydrogen-bond acceptors (Lipinski definition) is 5. The van der Waals surface area contributed by atoms with Crippen LogP contribution in [-0.4, -0.2) is 58.1 Å². The summed E-state index contributed by atoms with van der Waals surface area (Å²) in [5.74, 6) is -0.541. The number of nitrogens with one attached hydrogen (secondary N) is 1. The molecule has 2 amide bonds. The number of rotatable bonds is 10. The van der Waals surface area contributed by atoms with E-state index in [1.54, 1.807) is 43.3 Å². The lowest BCUT2D eigenvalue weighted by atomic mass is 10.1. The summed E-state index contributed by atoms with van der Waals surface area (Å²) >= 11 is 12.6. The average Bonchev–Trinajstić information content (AvgIpc) is 2.77. The monoisotopic (exact) mass is 515 g/mol. The Hall–Kier alpha value is -2.49. The highest BCUT2D eigenvalue weighted by Gasteiger charge is 2.32. The molecule has 0 unspecified atom stereocenters. The van der Waals surface area contributed by atoms with Gasteiger partial charge in [-0.2, -0.15) is 0 Å². The quantitative estimate of drug-likeness (QED) is 0.523. The second kappa shape index (κ2) is 11.6. The van der Waals surface area contributed by atoms with Crippen molar-refractivity contribution in [2.75, 3.05) is 31.3 Å². The number of sulfonamides is 1. The minimum Gasteiger partial charge on any atom is -0.497 e. The summed E-state index contributed by atoms with van der Waals surface area (Å²) in [6, 6.07) is 10.4. The molecule has 0 fully saturated rings. The third-order valence-corrected chi connectivity index (χ3v) is 6.89. The van der Waals surface area contributed by atoms with E-state index in [-0.39, 0.29) is 18.1 Å². The number of methoxy groups -OCH3 is 1. The molecule has 0 saturated heterocycles. The van der Waals surface area contributed by atoms with Crippen molar-refractivity contribution in [3.63, 3.8) is 0 Å². The Balaban J connectivity index is 2.50. The largest absolute Gasteiger partial charge is 0.497 e. The van der Waals surface area contributed by atoms with Gasteiger partial charge in [-0.3, -0.25) is 13.9 Å². The van der Waals surface area contributed by atoms with Crippen molar-refractivity contribution in [2.24, 2.45) is 0 Å². The summed E-state index contributed by atoms with van der Waals surface area (Å²) in [6.45, 7) is 1.16. The molecule has 11 heteroatoms. The van der Waals surface area contributed by atoms with Gasteiger partial charge in [0.05, 0.1) is 19.1 Å². The van der Waals surface area contributed by atoms with Gasteiger partial charge in [0.2, 0.25) is 21.8 Å². The van der Waals surface area contributed by atoms with Gasteiger partial charge < -0.3 is 15.0 Å². The zero-order chi connectivity index (χ0) is 24.8. The molecule has 0 heterocycles. The van der Waals surface area contributed by atoms with E-state index in [4.69, 9.17) is 27.9 Å². The molecule has 2 aromatic carbocycles. The van der Waals surface area contributed by atoms with Crippen molar-refractivity contribution in [1.29, 1.82) is 0 Å². The second-order valence-electron chi connectivity index (χ2n) is 7.23. The number of benzene rings is 2. The first kappa shape index (κ1) is 26.8. The molecule has 0 saturated carbocycles. The normalized spacial score (nSPS) is 12.1. The molecule has 2 aromatic rings. The van der Waals surface area contributed by atoms with E-state index < -0.39 is 28.5 Å². The lowest BCUT2D eigenvalue weighted by Crippen LogP contribution is -2.51. The first-order chi connectivity index (χ1) is 15.5. The highest BCUT2D eigenvalue weighted by molar-refractivity contribution is 7.92. The van der Waals surface area contributed by atoms with Crippen LogP contribution in [-0.2, 0) is 26.2 Å². The van der Waals surface area contributed by atoms with Crippen molar-refractivity contribution < 1.29 is 22.7 Å². The zero-order valence-corrected chi connectivity index (χ0v) is 21.2. The van der Waals surface area contributed by atoms with Crippen LogP contribution >= 0.6 is 23.2 Å². The number of carbonyl (C=O) groups is 2. The molecule has 33 heavy (non-hydrogen) atoms. The molecule has 0 aliphatic rings. The van der Waals surface area contributed by atoms with Crippen LogP contribution in [0.1, 0.15) is 18.9 Å². The van der Waals surface area contributed by atoms with Crippen LogP contribution in [0.25, 0.3) is 0 Å². The zero-order valence-electron chi connectivity index (χ0n) is 18.8. The van der Waals surface area contributed by atoms with Crippen LogP contribution in [0.2, 0.25) is 10.0 Å². The van der Waals surface area contributed by atoms with Gasteiger partial charge in [-0.15, -0.1) is 0 Å². The molecule has 0 bridgehead atoms. The summed E-state index contributed by atoms with van der Waals surface area (Å²) in [6.07, 6.45) is 1.30. The molecular formula is C22H27Cl2N3O5S. The number of hydrogen-bond donors (Lipinski definition) is 1. The smallest absolute Gasteiger partial charge is 0.244 e. The third-order valence-electron chi connectivity index (χ3n) is 5.04. The molecule has 1 atom stereocenters. The molecule has 180 valence electrons. The van der Waals surface area contributed by atoms with Crippen LogP contribution in [0.3, 0.4) is 0 Å². The van der Waals surface area contributed by atoms with Crippen LogP contribution < -0.4 is 14.4 Å². The Morgan fingerprint density at radius 1 is 1.12 bits per heavy atom.